The first-order valence-corrected chi connectivity index (χ1v) is 7.28. The van der Waals surface area contributed by atoms with E-state index in [4.69, 9.17) is 15.2 Å². The monoisotopic (exact) mass is 285 g/mol. The van der Waals surface area contributed by atoms with Crippen molar-refractivity contribution < 1.29 is 9.47 Å². The highest BCUT2D eigenvalue weighted by Crippen LogP contribution is 2.22. The van der Waals surface area contributed by atoms with Crippen LogP contribution in [0.1, 0.15) is 29.7 Å². The van der Waals surface area contributed by atoms with Crippen molar-refractivity contribution in [1.82, 2.24) is 0 Å². The molecule has 0 saturated heterocycles. The maximum atomic E-state index is 6.25. The Morgan fingerprint density at radius 2 is 1.71 bits per heavy atom. The van der Waals surface area contributed by atoms with Gasteiger partial charge in [-0.25, -0.2) is 0 Å². The van der Waals surface area contributed by atoms with Crippen molar-refractivity contribution in [3.05, 3.63) is 59.2 Å². The molecule has 1 atom stereocenters. The van der Waals surface area contributed by atoms with Crippen LogP contribution in [0.25, 0.3) is 0 Å². The quantitative estimate of drug-likeness (QED) is 0.878. The van der Waals surface area contributed by atoms with Crippen LogP contribution >= 0.6 is 0 Å². The summed E-state index contributed by atoms with van der Waals surface area (Å²) in [6, 6.07) is 13.8. The van der Waals surface area contributed by atoms with Gasteiger partial charge in [-0.2, -0.15) is 0 Å². The third kappa shape index (κ3) is 4.23. The largest absolute Gasteiger partial charge is 0.494 e. The number of hydrogen-bond acceptors (Lipinski definition) is 3. The summed E-state index contributed by atoms with van der Waals surface area (Å²) in [4.78, 5) is 0. The van der Waals surface area contributed by atoms with Gasteiger partial charge in [0.25, 0.3) is 0 Å². The second-order valence-corrected chi connectivity index (χ2v) is 5.19. The summed E-state index contributed by atoms with van der Waals surface area (Å²) in [5, 5.41) is 0. The fraction of sp³-hybridized carbons (Fsp3) is 0.333. The van der Waals surface area contributed by atoms with Crippen LogP contribution in [0.3, 0.4) is 0 Å². The van der Waals surface area contributed by atoms with Gasteiger partial charge in [-0.05, 0) is 44.0 Å². The number of ether oxygens (including phenoxy) is 2. The summed E-state index contributed by atoms with van der Waals surface area (Å²) in [5.74, 6) is 1.59. The van der Waals surface area contributed by atoms with E-state index in [0.717, 1.165) is 17.1 Å². The van der Waals surface area contributed by atoms with Crippen LogP contribution in [0.4, 0.5) is 0 Å². The van der Waals surface area contributed by atoms with Crippen LogP contribution in [0.5, 0.6) is 11.5 Å². The topological polar surface area (TPSA) is 44.5 Å². The van der Waals surface area contributed by atoms with E-state index >= 15 is 0 Å². The summed E-state index contributed by atoms with van der Waals surface area (Å²) in [7, 11) is 0. The lowest BCUT2D eigenvalue weighted by atomic mass is 10.00. The van der Waals surface area contributed by atoms with Gasteiger partial charge in [-0.15, -0.1) is 0 Å². The Morgan fingerprint density at radius 3 is 2.43 bits per heavy atom. The average Bonchev–Trinajstić information content (AvgIpc) is 2.48. The second kappa shape index (κ2) is 7.14. The predicted molar refractivity (Wildman–Crippen MR) is 86.0 cm³/mol. The van der Waals surface area contributed by atoms with Gasteiger partial charge in [0.05, 0.1) is 12.6 Å². The van der Waals surface area contributed by atoms with E-state index in [0.29, 0.717) is 13.2 Å². The van der Waals surface area contributed by atoms with Gasteiger partial charge in [-0.1, -0.05) is 29.8 Å². The first-order valence-electron chi connectivity index (χ1n) is 7.28. The average molecular weight is 285 g/mol. The lowest BCUT2D eigenvalue weighted by Gasteiger charge is -2.17. The van der Waals surface area contributed by atoms with Gasteiger partial charge < -0.3 is 15.2 Å². The van der Waals surface area contributed by atoms with Gasteiger partial charge >= 0.3 is 0 Å². The molecule has 0 spiro atoms. The molecule has 1 unspecified atom stereocenters. The van der Waals surface area contributed by atoms with Crippen LogP contribution in [0.15, 0.2) is 42.5 Å². The molecule has 0 amide bonds. The van der Waals surface area contributed by atoms with Gasteiger partial charge in [-0.3, -0.25) is 0 Å². The van der Waals surface area contributed by atoms with Gasteiger partial charge in [0.1, 0.15) is 18.1 Å². The normalized spacial score (nSPS) is 12.0. The molecule has 3 nitrogen and oxygen atoms in total. The van der Waals surface area contributed by atoms with Crippen molar-refractivity contribution in [3.63, 3.8) is 0 Å². The molecule has 2 aromatic rings. The van der Waals surface area contributed by atoms with Crippen LogP contribution in [-0.2, 0) is 0 Å². The van der Waals surface area contributed by atoms with E-state index in [1.54, 1.807) is 0 Å². The fourth-order valence-corrected chi connectivity index (χ4v) is 2.26. The van der Waals surface area contributed by atoms with Crippen molar-refractivity contribution in [3.8, 4) is 11.5 Å². The molecule has 0 heterocycles. The number of nitrogens with two attached hydrogens (primary N) is 1. The maximum absolute atomic E-state index is 6.25. The zero-order valence-electron chi connectivity index (χ0n) is 12.9. The highest BCUT2D eigenvalue weighted by atomic mass is 16.5. The molecule has 0 aromatic heterocycles. The third-order valence-electron chi connectivity index (χ3n) is 3.38. The lowest BCUT2D eigenvalue weighted by Crippen LogP contribution is -2.20. The van der Waals surface area contributed by atoms with E-state index < -0.39 is 0 Å². The van der Waals surface area contributed by atoms with Crippen LogP contribution in [0, 0.1) is 13.8 Å². The smallest absolute Gasteiger partial charge is 0.123 e. The Bertz CT molecular complexity index is 596. The maximum Gasteiger partial charge on any atom is 0.123 e. The molecule has 0 radical (unpaired) electrons. The molecular weight excluding hydrogens is 262 g/mol. The van der Waals surface area contributed by atoms with E-state index in [1.807, 2.05) is 31.2 Å². The molecule has 112 valence electrons. The number of benzene rings is 2. The van der Waals surface area contributed by atoms with Crippen molar-refractivity contribution in [2.45, 2.75) is 26.8 Å². The first-order chi connectivity index (χ1) is 10.1. The fourth-order valence-electron chi connectivity index (χ4n) is 2.26. The van der Waals surface area contributed by atoms with E-state index in [1.165, 1.54) is 11.1 Å². The summed E-state index contributed by atoms with van der Waals surface area (Å²) in [5.41, 5.74) is 9.79. The third-order valence-corrected chi connectivity index (χ3v) is 3.38. The molecule has 2 N–H and O–H groups in total. The van der Waals surface area contributed by atoms with Gasteiger partial charge in [0.2, 0.25) is 0 Å². The Kier molecular flexibility index (Phi) is 5.23. The summed E-state index contributed by atoms with van der Waals surface area (Å²) >= 11 is 0. The molecule has 0 aliphatic rings. The minimum Gasteiger partial charge on any atom is -0.494 e. The zero-order chi connectivity index (χ0) is 15.2. The van der Waals surface area contributed by atoms with Crippen molar-refractivity contribution in [2.24, 2.45) is 5.73 Å². The highest BCUT2D eigenvalue weighted by molar-refractivity contribution is 5.34. The minimum absolute atomic E-state index is 0.138. The highest BCUT2D eigenvalue weighted by Gasteiger charge is 2.10. The zero-order valence-corrected chi connectivity index (χ0v) is 12.9. The molecular formula is C18H23NO2. The molecule has 3 heteroatoms. The molecule has 2 rings (SSSR count). The summed E-state index contributed by atoms with van der Waals surface area (Å²) in [6.07, 6.45) is 0. The Hall–Kier alpha value is -2.00. The summed E-state index contributed by atoms with van der Waals surface area (Å²) in [6.45, 7) is 7.20. The molecule has 0 aliphatic heterocycles. The SMILES string of the molecule is CCOc1cccc(OCC(N)c2cc(C)ccc2C)c1. The van der Waals surface area contributed by atoms with E-state index in [9.17, 15) is 0 Å². The second-order valence-electron chi connectivity index (χ2n) is 5.19. The van der Waals surface area contributed by atoms with Crippen LogP contribution < -0.4 is 15.2 Å². The molecule has 0 saturated carbocycles. The van der Waals surface area contributed by atoms with Crippen molar-refractivity contribution in [2.75, 3.05) is 13.2 Å². The number of rotatable bonds is 6. The van der Waals surface area contributed by atoms with Gasteiger partial charge in [0, 0.05) is 6.07 Å². The molecule has 0 aliphatic carbocycles. The van der Waals surface area contributed by atoms with Crippen molar-refractivity contribution in [1.29, 1.82) is 0 Å². The Balaban J connectivity index is 2.02. The predicted octanol–water partition coefficient (Wildman–Crippen LogP) is 3.78. The van der Waals surface area contributed by atoms with Crippen molar-refractivity contribution >= 4 is 0 Å². The molecule has 0 fully saturated rings. The molecule has 0 bridgehead atoms. The molecule has 2 aromatic carbocycles. The van der Waals surface area contributed by atoms with E-state index in [2.05, 4.69) is 32.0 Å². The standard InChI is InChI=1S/C18H23NO2/c1-4-20-15-6-5-7-16(11-15)21-12-18(19)17-10-13(2)8-9-14(17)3/h5-11,18H,4,12,19H2,1-3H3. The lowest BCUT2D eigenvalue weighted by molar-refractivity contribution is 0.286. The summed E-state index contributed by atoms with van der Waals surface area (Å²) < 4.78 is 11.3. The Labute approximate surface area is 126 Å². The number of hydrogen-bond donors (Lipinski definition) is 1. The number of aryl methyl sites for hydroxylation is 2. The Morgan fingerprint density at radius 1 is 1.00 bits per heavy atom. The molecule has 21 heavy (non-hydrogen) atoms. The van der Waals surface area contributed by atoms with Crippen LogP contribution in [-0.4, -0.2) is 13.2 Å². The first kappa shape index (κ1) is 15.4. The van der Waals surface area contributed by atoms with Gasteiger partial charge in [0.15, 0.2) is 0 Å². The van der Waals surface area contributed by atoms with Crippen LogP contribution in [0.2, 0.25) is 0 Å². The minimum atomic E-state index is -0.138. The van der Waals surface area contributed by atoms with E-state index in [-0.39, 0.29) is 6.04 Å².